The van der Waals surface area contributed by atoms with Crippen molar-refractivity contribution in [2.45, 2.75) is 25.7 Å². The van der Waals surface area contributed by atoms with Gasteiger partial charge in [-0.15, -0.1) is 0 Å². The van der Waals surface area contributed by atoms with Gasteiger partial charge in [0.1, 0.15) is 5.82 Å². The lowest BCUT2D eigenvalue weighted by Gasteiger charge is -2.31. The van der Waals surface area contributed by atoms with Crippen LogP contribution in [0.15, 0.2) is 48.5 Å². The maximum absolute atomic E-state index is 12.7. The van der Waals surface area contributed by atoms with Gasteiger partial charge in [-0.2, -0.15) is 0 Å². The first kappa shape index (κ1) is 20.1. The van der Waals surface area contributed by atoms with E-state index in [0.29, 0.717) is 11.3 Å². The fourth-order valence-electron chi connectivity index (χ4n) is 3.96. The second kappa shape index (κ2) is 9.09. The van der Waals surface area contributed by atoms with Gasteiger partial charge >= 0.3 is 5.97 Å². The van der Waals surface area contributed by atoms with E-state index in [1.165, 1.54) is 0 Å². The summed E-state index contributed by atoms with van der Waals surface area (Å²) in [5, 5.41) is 2.87. The number of piperidine rings is 1. The zero-order valence-electron chi connectivity index (χ0n) is 17.1. The van der Waals surface area contributed by atoms with Gasteiger partial charge in [-0.05, 0) is 50.6 Å². The minimum atomic E-state index is -0.434. The average molecular weight is 406 g/mol. The number of fused-ring (bicyclic) bond motifs is 1. The van der Waals surface area contributed by atoms with Crippen LogP contribution < -0.4 is 5.32 Å². The molecule has 1 aliphatic heterocycles. The Morgan fingerprint density at radius 1 is 1.20 bits per heavy atom. The average Bonchev–Trinajstić information content (AvgIpc) is 3.19. The number of carbonyl (C=O) groups excluding carboxylic acids is 2. The molecule has 2 aromatic carbocycles. The Kier molecular flexibility index (Phi) is 6.09. The number of hydrogen-bond donors (Lipinski definition) is 2. The Morgan fingerprint density at radius 3 is 2.83 bits per heavy atom. The lowest BCUT2D eigenvalue weighted by Crippen LogP contribution is -2.40. The molecule has 7 heteroatoms. The lowest BCUT2D eigenvalue weighted by atomic mass is 9.97. The van der Waals surface area contributed by atoms with Crippen LogP contribution in [0.2, 0.25) is 0 Å². The summed E-state index contributed by atoms with van der Waals surface area (Å²) in [6, 6.07) is 14.9. The first-order valence-electron chi connectivity index (χ1n) is 10.4. The number of anilines is 1. The molecule has 1 unspecified atom stereocenters. The topological polar surface area (TPSA) is 87.3 Å². The molecule has 30 heavy (non-hydrogen) atoms. The van der Waals surface area contributed by atoms with E-state index in [-0.39, 0.29) is 25.0 Å². The third-order valence-electron chi connectivity index (χ3n) is 5.36. The number of imidazole rings is 1. The van der Waals surface area contributed by atoms with Crippen molar-refractivity contribution in [2.24, 2.45) is 0 Å². The van der Waals surface area contributed by atoms with Crippen LogP contribution in [0, 0.1) is 0 Å². The first-order valence-corrected chi connectivity index (χ1v) is 10.4. The van der Waals surface area contributed by atoms with Crippen molar-refractivity contribution in [3.05, 3.63) is 59.9 Å². The largest absolute Gasteiger partial charge is 0.462 e. The standard InChI is InChI=1S/C23H26N4O3/c1-2-30-23(29)17-9-3-4-10-18(17)24-21(28)15-27-13-7-8-16(14-27)22-25-19-11-5-6-12-20(19)26-22/h3-6,9-12,16H,2,7-8,13-15H2,1H3,(H,24,28)(H,25,26). The van der Waals surface area contributed by atoms with Crippen molar-refractivity contribution in [2.75, 3.05) is 31.6 Å². The van der Waals surface area contributed by atoms with Gasteiger partial charge in [0.05, 0.1) is 35.4 Å². The summed E-state index contributed by atoms with van der Waals surface area (Å²) in [6.45, 7) is 3.95. The van der Waals surface area contributed by atoms with Crippen molar-refractivity contribution in [1.29, 1.82) is 0 Å². The summed E-state index contributed by atoms with van der Waals surface area (Å²) in [6.07, 6.45) is 2.05. The summed E-state index contributed by atoms with van der Waals surface area (Å²) >= 11 is 0. The maximum Gasteiger partial charge on any atom is 0.340 e. The van der Waals surface area contributed by atoms with Gasteiger partial charge in [0.2, 0.25) is 5.91 Å². The highest BCUT2D eigenvalue weighted by Gasteiger charge is 2.25. The van der Waals surface area contributed by atoms with E-state index in [1.54, 1.807) is 31.2 Å². The number of nitrogens with zero attached hydrogens (tertiary/aromatic N) is 2. The molecule has 2 heterocycles. The number of aromatic nitrogens is 2. The summed E-state index contributed by atoms with van der Waals surface area (Å²) < 4.78 is 5.08. The van der Waals surface area contributed by atoms with Gasteiger partial charge in [-0.3, -0.25) is 9.69 Å². The molecule has 2 N–H and O–H groups in total. The molecule has 0 aliphatic carbocycles. The van der Waals surface area contributed by atoms with Gasteiger partial charge < -0.3 is 15.0 Å². The number of ether oxygens (including phenoxy) is 1. The Bertz CT molecular complexity index is 1010. The number of para-hydroxylation sites is 3. The second-order valence-corrected chi connectivity index (χ2v) is 7.53. The molecule has 0 radical (unpaired) electrons. The number of benzene rings is 2. The molecule has 1 atom stereocenters. The maximum atomic E-state index is 12.7. The van der Waals surface area contributed by atoms with Crippen LogP contribution in [-0.4, -0.2) is 53.0 Å². The minimum Gasteiger partial charge on any atom is -0.462 e. The van der Waals surface area contributed by atoms with Crippen LogP contribution in [-0.2, 0) is 9.53 Å². The molecule has 0 bridgehead atoms. The van der Waals surface area contributed by atoms with Crippen LogP contribution in [0.3, 0.4) is 0 Å². The van der Waals surface area contributed by atoms with Gasteiger partial charge in [0, 0.05) is 12.5 Å². The number of nitrogens with one attached hydrogen (secondary N) is 2. The molecule has 156 valence electrons. The van der Waals surface area contributed by atoms with Crippen molar-refractivity contribution in [1.82, 2.24) is 14.9 Å². The third kappa shape index (κ3) is 4.52. The van der Waals surface area contributed by atoms with Crippen molar-refractivity contribution in [3.8, 4) is 0 Å². The number of H-pyrrole nitrogens is 1. The Labute approximate surface area is 175 Å². The normalized spacial score (nSPS) is 17.0. The van der Waals surface area contributed by atoms with Gasteiger partial charge in [0.25, 0.3) is 0 Å². The lowest BCUT2D eigenvalue weighted by molar-refractivity contribution is -0.117. The highest BCUT2D eigenvalue weighted by atomic mass is 16.5. The molecule has 1 amide bonds. The smallest absolute Gasteiger partial charge is 0.340 e. The van der Waals surface area contributed by atoms with Crippen LogP contribution in [0.4, 0.5) is 5.69 Å². The molecular formula is C23H26N4O3. The Morgan fingerprint density at radius 2 is 2.00 bits per heavy atom. The number of carbonyl (C=O) groups is 2. The molecule has 1 aliphatic rings. The van der Waals surface area contributed by atoms with Crippen LogP contribution in [0.25, 0.3) is 11.0 Å². The van der Waals surface area contributed by atoms with Gasteiger partial charge in [-0.25, -0.2) is 9.78 Å². The van der Waals surface area contributed by atoms with E-state index in [4.69, 9.17) is 9.72 Å². The van der Waals surface area contributed by atoms with E-state index < -0.39 is 5.97 Å². The molecule has 1 fully saturated rings. The Balaban J connectivity index is 1.40. The number of rotatable bonds is 6. The highest BCUT2D eigenvalue weighted by Crippen LogP contribution is 2.26. The third-order valence-corrected chi connectivity index (χ3v) is 5.36. The summed E-state index contributed by atoms with van der Waals surface area (Å²) in [7, 11) is 0. The summed E-state index contributed by atoms with van der Waals surface area (Å²) in [5.74, 6) is 0.674. The molecule has 0 saturated carbocycles. The van der Waals surface area contributed by atoms with Crippen LogP contribution >= 0.6 is 0 Å². The number of esters is 1. The van der Waals surface area contributed by atoms with E-state index in [9.17, 15) is 9.59 Å². The first-order chi connectivity index (χ1) is 14.6. The van der Waals surface area contributed by atoms with Crippen molar-refractivity contribution >= 4 is 28.6 Å². The van der Waals surface area contributed by atoms with E-state index in [1.807, 2.05) is 24.3 Å². The van der Waals surface area contributed by atoms with Crippen molar-refractivity contribution in [3.63, 3.8) is 0 Å². The predicted molar refractivity (Wildman–Crippen MR) is 116 cm³/mol. The van der Waals surface area contributed by atoms with E-state index in [0.717, 1.165) is 42.8 Å². The minimum absolute atomic E-state index is 0.142. The predicted octanol–water partition coefficient (Wildman–Crippen LogP) is 3.56. The molecular weight excluding hydrogens is 380 g/mol. The fourth-order valence-corrected chi connectivity index (χ4v) is 3.96. The fraction of sp³-hybridized carbons (Fsp3) is 0.348. The van der Waals surface area contributed by atoms with Crippen LogP contribution in [0.1, 0.15) is 41.9 Å². The van der Waals surface area contributed by atoms with E-state index in [2.05, 4.69) is 15.2 Å². The SMILES string of the molecule is CCOC(=O)c1ccccc1NC(=O)CN1CCCC(c2nc3ccccc3[nH]2)C1. The van der Waals surface area contributed by atoms with Gasteiger partial charge in [0.15, 0.2) is 0 Å². The van der Waals surface area contributed by atoms with Crippen molar-refractivity contribution < 1.29 is 14.3 Å². The molecule has 3 aromatic rings. The molecule has 7 nitrogen and oxygen atoms in total. The number of aromatic amines is 1. The van der Waals surface area contributed by atoms with Gasteiger partial charge in [-0.1, -0.05) is 24.3 Å². The number of likely N-dealkylation sites (tertiary alicyclic amines) is 1. The number of amides is 1. The Hall–Kier alpha value is -3.19. The molecule has 1 aromatic heterocycles. The zero-order valence-corrected chi connectivity index (χ0v) is 17.1. The second-order valence-electron chi connectivity index (χ2n) is 7.53. The molecule has 0 spiro atoms. The number of hydrogen-bond acceptors (Lipinski definition) is 5. The molecule has 4 rings (SSSR count). The summed E-state index contributed by atoms with van der Waals surface area (Å²) in [5.41, 5.74) is 2.86. The zero-order chi connectivity index (χ0) is 20.9. The molecule has 1 saturated heterocycles. The van der Waals surface area contributed by atoms with Crippen LogP contribution in [0.5, 0.6) is 0 Å². The highest BCUT2D eigenvalue weighted by molar-refractivity contribution is 6.01. The summed E-state index contributed by atoms with van der Waals surface area (Å²) in [4.78, 5) is 35.1. The van der Waals surface area contributed by atoms with E-state index >= 15 is 0 Å². The monoisotopic (exact) mass is 406 g/mol. The quantitative estimate of drug-likeness (QED) is 0.611.